The molecule has 0 radical (unpaired) electrons. The lowest BCUT2D eigenvalue weighted by Gasteiger charge is -2.39. The summed E-state index contributed by atoms with van der Waals surface area (Å²) in [5, 5.41) is 28.1. The van der Waals surface area contributed by atoms with Crippen LogP contribution >= 0.6 is 0 Å². The second kappa shape index (κ2) is 5.31. The zero-order chi connectivity index (χ0) is 13.1. The van der Waals surface area contributed by atoms with Gasteiger partial charge in [-0.3, -0.25) is 0 Å². The quantitative estimate of drug-likeness (QED) is 0.652. The summed E-state index contributed by atoms with van der Waals surface area (Å²) in [7, 11) is 1.09. The molecule has 3 N–H and O–H groups in total. The molecule has 0 aliphatic carbocycles. The summed E-state index contributed by atoms with van der Waals surface area (Å²) in [6.45, 7) is 1.89. The number of alkyl halides is 3. The van der Waals surface area contributed by atoms with Crippen molar-refractivity contribution in [3.63, 3.8) is 0 Å². The summed E-state index contributed by atoms with van der Waals surface area (Å²) >= 11 is 0. The molecule has 7 heteroatoms. The number of halogens is 3. The van der Waals surface area contributed by atoms with Crippen LogP contribution < -0.4 is 0 Å². The molecule has 0 amide bonds. The minimum Gasteiger partial charge on any atom is -0.389 e. The Hall–Kier alpha value is -0.370. The Kier molecular flexibility index (Phi) is 5.18. The van der Waals surface area contributed by atoms with Gasteiger partial charge in [0.25, 0.3) is 0 Å². The van der Waals surface area contributed by atoms with Crippen molar-refractivity contribution in [2.45, 2.75) is 37.8 Å². The van der Waals surface area contributed by atoms with Gasteiger partial charge in [0.1, 0.15) is 6.10 Å². The third-order valence-electron chi connectivity index (χ3n) is 2.37. The molecule has 0 fully saturated rings. The molecule has 0 aromatic rings. The molecule has 0 heterocycles. The lowest BCUT2D eigenvalue weighted by atomic mass is 9.83. The van der Waals surface area contributed by atoms with E-state index >= 15 is 0 Å². The highest BCUT2D eigenvalue weighted by molar-refractivity contribution is 5.00. The molecule has 0 aliphatic heterocycles. The van der Waals surface area contributed by atoms with E-state index in [1.54, 1.807) is 0 Å². The number of aliphatic hydroxyl groups is 3. The van der Waals surface area contributed by atoms with Crippen molar-refractivity contribution in [2.24, 2.45) is 5.92 Å². The Morgan fingerprint density at radius 3 is 1.88 bits per heavy atom. The Labute approximate surface area is 91.7 Å². The minimum absolute atomic E-state index is 0.722. The van der Waals surface area contributed by atoms with Gasteiger partial charge in [0, 0.05) is 7.11 Å². The molecule has 98 valence electrons. The Balaban J connectivity index is 5.19. The van der Waals surface area contributed by atoms with Gasteiger partial charge in [-0.1, -0.05) is 13.8 Å². The molecular weight excluding hydrogens is 229 g/mol. The van der Waals surface area contributed by atoms with Gasteiger partial charge in [-0.15, -0.1) is 0 Å². The maximum Gasteiger partial charge on any atom is 0.422 e. The maximum atomic E-state index is 12.7. The molecule has 0 aromatic carbocycles. The molecule has 0 bridgehead atoms. The van der Waals surface area contributed by atoms with E-state index in [9.17, 15) is 28.5 Å². The molecule has 0 saturated carbocycles. The van der Waals surface area contributed by atoms with Gasteiger partial charge in [0.15, 0.2) is 0 Å². The molecule has 0 aliphatic rings. The summed E-state index contributed by atoms with van der Waals surface area (Å²) in [4.78, 5) is 0. The largest absolute Gasteiger partial charge is 0.422 e. The van der Waals surface area contributed by atoms with E-state index < -0.39 is 36.5 Å². The number of methoxy groups -OCH3 is 1. The number of hydrogen-bond donors (Lipinski definition) is 3. The third-order valence-corrected chi connectivity index (χ3v) is 2.37. The van der Waals surface area contributed by atoms with E-state index in [0.29, 0.717) is 0 Å². The van der Waals surface area contributed by atoms with Crippen LogP contribution in [-0.2, 0) is 4.74 Å². The molecule has 0 spiro atoms. The first-order chi connectivity index (χ1) is 7.09. The lowest BCUT2D eigenvalue weighted by Crippen LogP contribution is -2.64. The van der Waals surface area contributed by atoms with Gasteiger partial charge in [-0.05, 0) is 5.92 Å². The number of rotatable bonds is 5. The maximum absolute atomic E-state index is 12.7. The highest BCUT2D eigenvalue weighted by Crippen LogP contribution is 2.38. The summed E-state index contributed by atoms with van der Waals surface area (Å²) in [5.74, 6) is -0.863. The van der Waals surface area contributed by atoms with E-state index in [0.717, 1.165) is 7.11 Å². The monoisotopic (exact) mass is 246 g/mol. The van der Waals surface area contributed by atoms with Crippen LogP contribution in [0.25, 0.3) is 0 Å². The van der Waals surface area contributed by atoms with Crippen LogP contribution in [0.5, 0.6) is 0 Å². The predicted molar refractivity (Wildman–Crippen MR) is 49.7 cm³/mol. The van der Waals surface area contributed by atoms with Crippen LogP contribution in [0.4, 0.5) is 13.2 Å². The molecule has 1 unspecified atom stereocenters. The van der Waals surface area contributed by atoms with Gasteiger partial charge in [-0.25, -0.2) is 0 Å². The van der Waals surface area contributed by atoms with Crippen LogP contribution in [0.1, 0.15) is 13.8 Å². The second-order valence-corrected chi connectivity index (χ2v) is 3.98. The first kappa shape index (κ1) is 15.6. The Bertz CT molecular complexity index is 219. The lowest BCUT2D eigenvalue weighted by molar-refractivity contribution is -0.328. The Morgan fingerprint density at radius 2 is 1.62 bits per heavy atom. The zero-order valence-electron chi connectivity index (χ0n) is 9.32. The van der Waals surface area contributed by atoms with Crippen molar-refractivity contribution in [3.8, 4) is 0 Å². The van der Waals surface area contributed by atoms with Crippen LogP contribution in [0.15, 0.2) is 0 Å². The van der Waals surface area contributed by atoms with Crippen molar-refractivity contribution >= 4 is 0 Å². The van der Waals surface area contributed by atoms with Gasteiger partial charge in [0.05, 0.1) is 12.7 Å². The molecule has 16 heavy (non-hydrogen) atoms. The highest BCUT2D eigenvalue weighted by Gasteiger charge is 2.63. The summed E-state index contributed by atoms with van der Waals surface area (Å²) in [5.41, 5.74) is -3.59. The molecule has 0 saturated heterocycles. The topological polar surface area (TPSA) is 69.9 Å². The highest BCUT2D eigenvalue weighted by atomic mass is 19.4. The molecule has 0 rings (SSSR count). The number of ether oxygens (including phenoxy) is 1. The fourth-order valence-corrected chi connectivity index (χ4v) is 1.35. The van der Waals surface area contributed by atoms with E-state index in [1.165, 1.54) is 13.8 Å². The van der Waals surface area contributed by atoms with E-state index in [2.05, 4.69) is 4.74 Å². The summed E-state index contributed by atoms with van der Waals surface area (Å²) in [6.07, 6.45) is -9.51. The average Bonchev–Trinajstić information content (AvgIpc) is 2.13. The first-order valence-corrected chi connectivity index (χ1v) is 4.73. The normalized spacial score (nSPS) is 20.6. The number of hydrogen-bond acceptors (Lipinski definition) is 4. The van der Waals surface area contributed by atoms with E-state index in [4.69, 9.17) is 0 Å². The number of aliphatic hydroxyl groups excluding tert-OH is 2. The Morgan fingerprint density at radius 1 is 1.19 bits per heavy atom. The van der Waals surface area contributed by atoms with Crippen molar-refractivity contribution in [1.82, 2.24) is 0 Å². The van der Waals surface area contributed by atoms with E-state index in [-0.39, 0.29) is 0 Å². The van der Waals surface area contributed by atoms with Crippen molar-refractivity contribution < 1.29 is 33.2 Å². The summed E-state index contributed by atoms with van der Waals surface area (Å²) < 4.78 is 42.3. The molecule has 3 atom stereocenters. The van der Waals surface area contributed by atoms with Gasteiger partial charge >= 0.3 is 6.18 Å². The predicted octanol–water partition coefficient (Wildman–Crippen LogP) is 0.304. The molecule has 0 aromatic heterocycles. The van der Waals surface area contributed by atoms with Crippen molar-refractivity contribution in [1.29, 1.82) is 0 Å². The zero-order valence-corrected chi connectivity index (χ0v) is 9.32. The van der Waals surface area contributed by atoms with Gasteiger partial charge in [-0.2, -0.15) is 13.2 Å². The SMILES string of the molecule is COC[C@H](O)[C@@](O)(C(O)C(C)C)C(F)(F)F. The smallest absolute Gasteiger partial charge is 0.389 e. The van der Waals surface area contributed by atoms with Gasteiger partial charge in [0.2, 0.25) is 5.60 Å². The molecule has 4 nitrogen and oxygen atoms in total. The van der Waals surface area contributed by atoms with E-state index in [1.807, 2.05) is 0 Å². The second-order valence-electron chi connectivity index (χ2n) is 3.98. The van der Waals surface area contributed by atoms with Crippen LogP contribution in [0.2, 0.25) is 0 Å². The minimum atomic E-state index is -5.14. The van der Waals surface area contributed by atoms with Crippen LogP contribution in [-0.4, -0.2) is 53.0 Å². The van der Waals surface area contributed by atoms with Gasteiger partial charge < -0.3 is 20.1 Å². The molecular formula is C9H17F3O4. The standard InChI is InChI=1S/C9H17F3O4/c1-5(2)7(14)8(15,9(10,11)12)6(13)4-16-3/h5-7,13-15H,4H2,1-3H3/t6-,7?,8+/m0/s1. The average molecular weight is 246 g/mol. The van der Waals surface area contributed by atoms with Crippen molar-refractivity contribution in [3.05, 3.63) is 0 Å². The fraction of sp³-hybridized carbons (Fsp3) is 1.00. The fourth-order valence-electron chi connectivity index (χ4n) is 1.35. The summed E-state index contributed by atoms with van der Waals surface area (Å²) in [6, 6.07) is 0. The van der Waals surface area contributed by atoms with Crippen LogP contribution in [0.3, 0.4) is 0 Å². The first-order valence-electron chi connectivity index (χ1n) is 4.73. The van der Waals surface area contributed by atoms with Crippen molar-refractivity contribution in [2.75, 3.05) is 13.7 Å². The van der Waals surface area contributed by atoms with Crippen LogP contribution in [0, 0.1) is 5.92 Å². The third kappa shape index (κ3) is 2.85.